The molecule has 2 N–H and O–H groups in total. The van der Waals surface area contributed by atoms with Gasteiger partial charge < -0.3 is 20.1 Å². The number of nitrogens with two attached hydrogens (primary N) is 1. The van der Waals surface area contributed by atoms with Crippen LogP contribution in [0.5, 0.6) is 5.75 Å². The molecular formula is C18H21ClN4O4. The van der Waals surface area contributed by atoms with E-state index in [0.29, 0.717) is 23.0 Å². The molecule has 144 valence electrons. The molecule has 1 unspecified atom stereocenters. The van der Waals surface area contributed by atoms with Gasteiger partial charge in [-0.1, -0.05) is 11.6 Å². The molecule has 2 heterocycles. The van der Waals surface area contributed by atoms with Gasteiger partial charge in [0, 0.05) is 24.8 Å². The van der Waals surface area contributed by atoms with Crippen LogP contribution in [-0.2, 0) is 16.6 Å². The second-order valence-electron chi connectivity index (χ2n) is 6.48. The molecule has 1 aliphatic rings. The van der Waals surface area contributed by atoms with Gasteiger partial charge in [0.2, 0.25) is 5.91 Å². The van der Waals surface area contributed by atoms with Gasteiger partial charge in [-0.05, 0) is 30.3 Å². The van der Waals surface area contributed by atoms with E-state index in [1.807, 2.05) is 0 Å². The van der Waals surface area contributed by atoms with E-state index in [-0.39, 0.29) is 32.1 Å². The number of halogens is 1. The summed E-state index contributed by atoms with van der Waals surface area (Å²) < 4.78 is 13.2. The maximum atomic E-state index is 12.8. The second-order valence-corrected chi connectivity index (χ2v) is 6.92. The molecule has 9 heteroatoms. The quantitative estimate of drug-likeness (QED) is 0.797. The highest BCUT2D eigenvalue weighted by Crippen LogP contribution is 2.25. The van der Waals surface area contributed by atoms with Crippen LogP contribution in [0.15, 0.2) is 36.5 Å². The van der Waals surface area contributed by atoms with Crippen LogP contribution in [0.1, 0.15) is 16.9 Å². The number of amides is 2. The van der Waals surface area contributed by atoms with Crippen molar-refractivity contribution in [3.63, 3.8) is 0 Å². The molecule has 2 amide bonds. The Bertz CT molecular complexity index is 823. The zero-order chi connectivity index (χ0) is 19.4. The van der Waals surface area contributed by atoms with Crippen molar-refractivity contribution in [2.75, 3.05) is 26.3 Å². The van der Waals surface area contributed by atoms with Crippen LogP contribution in [0, 0.1) is 0 Å². The van der Waals surface area contributed by atoms with Gasteiger partial charge in [0.05, 0.1) is 19.6 Å². The molecule has 3 rings (SSSR count). The van der Waals surface area contributed by atoms with Crippen molar-refractivity contribution in [2.24, 2.45) is 12.8 Å². The third-order valence-corrected chi connectivity index (χ3v) is 4.64. The lowest BCUT2D eigenvalue weighted by molar-refractivity contribution is -0.142. The van der Waals surface area contributed by atoms with Crippen molar-refractivity contribution in [3.05, 3.63) is 47.2 Å². The Kier molecular flexibility index (Phi) is 5.67. The number of ether oxygens (including phenoxy) is 2. The van der Waals surface area contributed by atoms with E-state index in [1.165, 1.54) is 4.68 Å². The summed E-state index contributed by atoms with van der Waals surface area (Å²) >= 11 is 5.88. The van der Waals surface area contributed by atoms with E-state index in [4.69, 9.17) is 26.8 Å². The first-order valence-electron chi connectivity index (χ1n) is 8.46. The second kappa shape index (κ2) is 7.98. The van der Waals surface area contributed by atoms with Crippen molar-refractivity contribution in [2.45, 2.75) is 12.0 Å². The first-order chi connectivity index (χ1) is 12.9. The average Bonchev–Trinajstić information content (AvgIpc) is 3.06. The summed E-state index contributed by atoms with van der Waals surface area (Å²) in [5.74, 6) is -0.120. The molecular weight excluding hydrogens is 372 g/mol. The predicted octanol–water partition coefficient (Wildman–Crippen LogP) is 1.24. The lowest BCUT2D eigenvalue weighted by Gasteiger charge is -2.41. The van der Waals surface area contributed by atoms with Crippen LogP contribution in [0.3, 0.4) is 0 Å². The smallest absolute Gasteiger partial charge is 0.272 e. The molecule has 8 nitrogen and oxygen atoms in total. The van der Waals surface area contributed by atoms with E-state index in [9.17, 15) is 9.59 Å². The topological polar surface area (TPSA) is 99.7 Å². The van der Waals surface area contributed by atoms with Crippen molar-refractivity contribution in [1.82, 2.24) is 14.7 Å². The molecule has 1 atom stereocenters. The van der Waals surface area contributed by atoms with E-state index in [0.717, 1.165) is 0 Å². The number of hydrogen-bond donors (Lipinski definition) is 1. The highest BCUT2D eigenvalue weighted by molar-refractivity contribution is 6.30. The number of carbonyl (C=O) groups is 2. The van der Waals surface area contributed by atoms with Crippen LogP contribution in [0.25, 0.3) is 0 Å². The SMILES string of the molecule is Cn1nccc1C(=O)N1CCOC(COc2ccc(Cl)cc2)(CC(N)=O)C1. The maximum Gasteiger partial charge on any atom is 0.272 e. The monoisotopic (exact) mass is 392 g/mol. The number of carbonyl (C=O) groups excluding carboxylic acids is 2. The minimum absolute atomic E-state index is 0.0598. The van der Waals surface area contributed by atoms with E-state index < -0.39 is 11.5 Å². The fourth-order valence-corrected chi connectivity index (χ4v) is 3.20. The number of aryl methyl sites for hydroxylation is 1. The minimum atomic E-state index is -1.02. The number of primary amides is 1. The molecule has 1 aliphatic heterocycles. The van der Waals surface area contributed by atoms with Gasteiger partial charge >= 0.3 is 0 Å². The van der Waals surface area contributed by atoms with Gasteiger partial charge in [-0.25, -0.2) is 0 Å². The maximum absolute atomic E-state index is 12.8. The number of nitrogens with zero attached hydrogens (tertiary/aromatic N) is 3. The third kappa shape index (κ3) is 4.58. The first kappa shape index (κ1) is 19.2. The lowest BCUT2D eigenvalue weighted by atomic mass is 9.97. The van der Waals surface area contributed by atoms with Gasteiger partial charge in [-0.2, -0.15) is 5.10 Å². The molecule has 1 aromatic carbocycles. The fraction of sp³-hybridized carbons (Fsp3) is 0.389. The highest BCUT2D eigenvalue weighted by atomic mass is 35.5. The van der Waals surface area contributed by atoms with Gasteiger partial charge in [0.1, 0.15) is 23.7 Å². The largest absolute Gasteiger partial charge is 0.490 e. The molecule has 27 heavy (non-hydrogen) atoms. The Balaban J connectivity index is 1.76. The van der Waals surface area contributed by atoms with E-state index >= 15 is 0 Å². The van der Waals surface area contributed by atoms with E-state index in [2.05, 4.69) is 5.10 Å². The summed E-state index contributed by atoms with van der Waals surface area (Å²) in [4.78, 5) is 26.1. The van der Waals surface area contributed by atoms with Gasteiger partial charge in [-0.15, -0.1) is 0 Å². The van der Waals surface area contributed by atoms with Crippen molar-refractivity contribution >= 4 is 23.4 Å². The van der Waals surface area contributed by atoms with Crippen molar-refractivity contribution < 1.29 is 19.1 Å². The number of rotatable bonds is 6. The zero-order valence-corrected chi connectivity index (χ0v) is 15.7. The van der Waals surface area contributed by atoms with Gasteiger partial charge in [-0.3, -0.25) is 14.3 Å². The molecule has 1 saturated heterocycles. The molecule has 2 aromatic rings. The standard InChI is InChI=1S/C18H21ClN4O4/c1-22-15(6-7-21-22)17(25)23-8-9-27-18(11-23,10-16(20)24)12-26-14-4-2-13(19)3-5-14/h2-7H,8-12H2,1H3,(H2,20,24). The molecule has 0 bridgehead atoms. The Morgan fingerprint density at radius 3 is 2.70 bits per heavy atom. The van der Waals surface area contributed by atoms with Crippen LogP contribution in [0.2, 0.25) is 5.02 Å². The Morgan fingerprint density at radius 2 is 2.07 bits per heavy atom. The predicted molar refractivity (Wildman–Crippen MR) is 98.6 cm³/mol. The number of aromatic nitrogens is 2. The summed E-state index contributed by atoms with van der Waals surface area (Å²) in [6.07, 6.45) is 1.50. The fourth-order valence-electron chi connectivity index (χ4n) is 3.07. The normalized spacial score (nSPS) is 19.7. The lowest BCUT2D eigenvalue weighted by Crippen LogP contribution is -2.58. The summed E-state index contributed by atoms with van der Waals surface area (Å²) in [6, 6.07) is 8.51. The minimum Gasteiger partial charge on any atom is -0.490 e. The van der Waals surface area contributed by atoms with Crippen molar-refractivity contribution in [3.8, 4) is 5.75 Å². The van der Waals surface area contributed by atoms with Crippen LogP contribution >= 0.6 is 11.6 Å². The number of morpholine rings is 1. The van der Waals surface area contributed by atoms with Gasteiger partial charge in [0.15, 0.2) is 0 Å². The zero-order valence-electron chi connectivity index (χ0n) is 14.9. The molecule has 0 radical (unpaired) electrons. The van der Waals surface area contributed by atoms with Gasteiger partial charge in [0.25, 0.3) is 5.91 Å². The molecule has 0 saturated carbocycles. The Morgan fingerprint density at radius 1 is 1.33 bits per heavy atom. The Labute approximate surface area is 161 Å². The van der Waals surface area contributed by atoms with Crippen LogP contribution in [0.4, 0.5) is 0 Å². The molecule has 0 spiro atoms. The van der Waals surface area contributed by atoms with Crippen molar-refractivity contribution in [1.29, 1.82) is 0 Å². The summed E-state index contributed by atoms with van der Waals surface area (Å²) in [7, 11) is 1.70. The summed E-state index contributed by atoms with van der Waals surface area (Å²) in [6.45, 7) is 0.951. The Hall–Kier alpha value is -2.58. The number of benzene rings is 1. The third-order valence-electron chi connectivity index (χ3n) is 4.39. The molecule has 0 aliphatic carbocycles. The number of hydrogen-bond acceptors (Lipinski definition) is 5. The summed E-state index contributed by atoms with van der Waals surface area (Å²) in [5, 5.41) is 4.62. The summed E-state index contributed by atoms with van der Waals surface area (Å²) in [5.41, 5.74) is 4.87. The molecule has 1 fully saturated rings. The van der Waals surface area contributed by atoms with E-state index in [1.54, 1.807) is 48.5 Å². The highest BCUT2D eigenvalue weighted by Gasteiger charge is 2.41. The average molecular weight is 393 g/mol. The first-order valence-corrected chi connectivity index (χ1v) is 8.84. The van der Waals surface area contributed by atoms with Crippen LogP contribution in [-0.4, -0.2) is 58.4 Å². The molecule has 1 aromatic heterocycles. The van der Waals surface area contributed by atoms with Crippen LogP contribution < -0.4 is 10.5 Å².